The van der Waals surface area contributed by atoms with Crippen LogP contribution in [0.15, 0.2) is 15.4 Å². The van der Waals surface area contributed by atoms with Gasteiger partial charge in [0.2, 0.25) is 0 Å². The fourth-order valence-electron chi connectivity index (χ4n) is 1.29. The average molecular weight is 199 g/mol. The van der Waals surface area contributed by atoms with E-state index in [-0.39, 0.29) is 11.5 Å². The first-order valence-corrected chi connectivity index (χ1v) is 4.32. The number of carbonyl (C=O) groups is 1. The molecule has 0 aromatic carbocycles. The van der Waals surface area contributed by atoms with Crippen LogP contribution in [0.25, 0.3) is 0 Å². The lowest BCUT2D eigenvalue weighted by Crippen LogP contribution is -2.19. The number of methoxy groups -OCH3 is 1. The molecule has 1 atom stereocenters. The van der Waals surface area contributed by atoms with E-state index in [2.05, 4.69) is 9.89 Å². The Morgan fingerprint density at radius 3 is 2.57 bits per heavy atom. The van der Waals surface area contributed by atoms with Crippen LogP contribution >= 0.6 is 0 Å². The number of hydrogen-bond acceptors (Lipinski definition) is 4. The predicted molar refractivity (Wildman–Crippen MR) is 48.9 cm³/mol. The van der Waals surface area contributed by atoms with Crippen molar-refractivity contribution in [1.82, 2.24) is 5.16 Å². The molecule has 1 aromatic heterocycles. The summed E-state index contributed by atoms with van der Waals surface area (Å²) in [5, 5.41) is 2.14. The van der Waals surface area contributed by atoms with Crippen LogP contribution in [0, 0.1) is 5.92 Å². The molecule has 0 amide bonds. The highest BCUT2D eigenvalue weighted by Crippen LogP contribution is 2.24. The molecule has 1 rings (SSSR count). The third kappa shape index (κ3) is 2.04. The van der Waals surface area contributed by atoms with Crippen LogP contribution in [-0.2, 0) is 9.53 Å². The number of aromatic nitrogens is 1. The number of aromatic amines is 1. The maximum Gasteiger partial charge on any atom is 0.316 e. The molecule has 0 spiro atoms. The van der Waals surface area contributed by atoms with Crippen molar-refractivity contribution in [3.8, 4) is 0 Å². The first kappa shape index (κ1) is 10.6. The fraction of sp³-hybridized carbons (Fsp3) is 0.556. The zero-order valence-electron chi connectivity index (χ0n) is 8.37. The van der Waals surface area contributed by atoms with Gasteiger partial charge in [0, 0.05) is 6.07 Å². The smallest absolute Gasteiger partial charge is 0.316 e. The van der Waals surface area contributed by atoms with E-state index >= 15 is 0 Å². The molecule has 1 unspecified atom stereocenters. The van der Waals surface area contributed by atoms with Gasteiger partial charge >= 0.3 is 5.97 Å². The fourth-order valence-corrected chi connectivity index (χ4v) is 1.29. The molecule has 0 aliphatic carbocycles. The Bertz CT molecular complexity index is 363. The van der Waals surface area contributed by atoms with Crippen molar-refractivity contribution in [3.63, 3.8) is 0 Å². The lowest BCUT2D eigenvalue weighted by Gasteiger charge is -2.14. The van der Waals surface area contributed by atoms with E-state index in [9.17, 15) is 9.59 Å². The van der Waals surface area contributed by atoms with Gasteiger partial charge in [-0.1, -0.05) is 13.8 Å². The minimum Gasteiger partial charge on any atom is -0.468 e. The van der Waals surface area contributed by atoms with E-state index in [0.717, 1.165) is 0 Å². The SMILES string of the molecule is COC(=O)C(c1cc(=O)[nH]o1)C(C)C. The van der Waals surface area contributed by atoms with Gasteiger partial charge in [-0.15, -0.1) is 0 Å². The molecule has 0 aliphatic heterocycles. The standard InChI is InChI=1S/C9H13NO4/c1-5(2)8(9(12)13-3)6-4-7(11)10-14-6/h4-5,8H,1-3H3,(H,10,11). The number of nitrogens with one attached hydrogen (secondary N) is 1. The molecule has 0 bridgehead atoms. The van der Waals surface area contributed by atoms with Gasteiger partial charge in [0.1, 0.15) is 5.92 Å². The van der Waals surface area contributed by atoms with Gasteiger partial charge in [0.25, 0.3) is 5.56 Å². The van der Waals surface area contributed by atoms with Crippen molar-refractivity contribution in [2.75, 3.05) is 7.11 Å². The lowest BCUT2D eigenvalue weighted by atomic mass is 9.93. The van der Waals surface area contributed by atoms with Crippen LogP contribution in [0.3, 0.4) is 0 Å². The predicted octanol–water partition coefficient (Wildman–Crippen LogP) is 0.880. The minimum atomic E-state index is -0.529. The van der Waals surface area contributed by atoms with E-state index in [0.29, 0.717) is 5.76 Å². The molecular weight excluding hydrogens is 186 g/mol. The highest BCUT2D eigenvalue weighted by molar-refractivity contribution is 5.77. The molecular formula is C9H13NO4. The summed E-state index contributed by atoms with van der Waals surface area (Å²) in [5.41, 5.74) is -0.352. The minimum absolute atomic E-state index is 0.0152. The van der Waals surface area contributed by atoms with Crippen LogP contribution in [0.4, 0.5) is 0 Å². The van der Waals surface area contributed by atoms with Gasteiger partial charge in [-0.05, 0) is 5.92 Å². The van der Waals surface area contributed by atoms with Crippen molar-refractivity contribution in [3.05, 3.63) is 22.2 Å². The van der Waals surface area contributed by atoms with Crippen molar-refractivity contribution < 1.29 is 14.1 Å². The second-order valence-electron chi connectivity index (χ2n) is 3.36. The van der Waals surface area contributed by atoms with Gasteiger partial charge in [0.05, 0.1) is 7.11 Å². The van der Waals surface area contributed by atoms with Crippen LogP contribution in [0.1, 0.15) is 25.5 Å². The van der Waals surface area contributed by atoms with Gasteiger partial charge in [0.15, 0.2) is 5.76 Å². The Hall–Kier alpha value is -1.52. The van der Waals surface area contributed by atoms with Crippen molar-refractivity contribution >= 4 is 5.97 Å². The average Bonchev–Trinajstić information content (AvgIpc) is 2.51. The molecule has 1 aromatic rings. The maximum atomic E-state index is 11.4. The summed E-state index contributed by atoms with van der Waals surface area (Å²) in [6.45, 7) is 3.71. The zero-order chi connectivity index (χ0) is 10.7. The summed E-state index contributed by atoms with van der Waals surface area (Å²) in [5.74, 6) is -0.597. The van der Waals surface area contributed by atoms with E-state index in [4.69, 9.17) is 4.52 Å². The van der Waals surface area contributed by atoms with Gasteiger partial charge in [-0.2, -0.15) is 5.16 Å². The quantitative estimate of drug-likeness (QED) is 0.733. The number of ether oxygens (including phenoxy) is 1. The highest BCUT2D eigenvalue weighted by Gasteiger charge is 2.28. The van der Waals surface area contributed by atoms with Crippen molar-refractivity contribution in [2.24, 2.45) is 5.92 Å². The number of carbonyl (C=O) groups excluding carboxylic acids is 1. The molecule has 1 N–H and O–H groups in total. The Morgan fingerprint density at radius 2 is 2.21 bits per heavy atom. The van der Waals surface area contributed by atoms with Crippen LogP contribution in [0.5, 0.6) is 0 Å². The molecule has 0 saturated heterocycles. The summed E-state index contributed by atoms with van der Waals surface area (Å²) in [6, 6.07) is 1.27. The van der Waals surface area contributed by atoms with E-state index < -0.39 is 11.9 Å². The van der Waals surface area contributed by atoms with Gasteiger partial charge in [-0.25, -0.2) is 0 Å². The zero-order valence-corrected chi connectivity index (χ0v) is 8.37. The van der Waals surface area contributed by atoms with Gasteiger partial charge in [-0.3, -0.25) is 9.59 Å². The maximum absolute atomic E-state index is 11.4. The summed E-state index contributed by atoms with van der Waals surface area (Å²) in [6.07, 6.45) is 0. The normalized spacial score (nSPS) is 12.9. The van der Waals surface area contributed by atoms with Crippen LogP contribution in [0.2, 0.25) is 0 Å². The number of rotatable bonds is 3. The lowest BCUT2D eigenvalue weighted by molar-refractivity contribution is -0.144. The van der Waals surface area contributed by atoms with Crippen LogP contribution < -0.4 is 5.56 Å². The first-order valence-electron chi connectivity index (χ1n) is 4.32. The molecule has 0 radical (unpaired) electrons. The second kappa shape index (κ2) is 4.13. The Morgan fingerprint density at radius 1 is 1.57 bits per heavy atom. The number of hydrogen-bond donors (Lipinski definition) is 1. The van der Waals surface area contributed by atoms with Crippen molar-refractivity contribution in [2.45, 2.75) is 19.8 Å². The largest absolute Gasteiger partial charge is 0.468 e. The third-order valence-corrected chi connectivity index (χ3v) is 1.97. The molecule has 14 heavy (non-hydrogen) atoms. The van der Waals surface area contributed by atoms with E-state index in [1.54, 1.807) is 0 Å². The summed E-state index contributed by atoms with van der Waals surface area (Å²) >= 11 is 0. The Kier molecular flexibility index (Phi) is 3.11. The van der Waals surface area contributed by atoms with E-state index in [1.807, 2.05) is 13.8 Å². The highest BCUT2D eigenvalue weighted by atomic mass is 16.5. The molecule has 0 aliphatic rings. The number of H-pyrrole nitrogens is 1. The molecule has 1 heterocycles. The first-order chi connectivity index (χ1) is 6.56. The van der Waals surface area contributed by atoms with Crippen molar-refractivity contribution in [1.29, 1.82) is 0 Å². The van der Waals surface area contributed by atoms with Crippen LogP contribution in [-0.4, -0.2) is 18.2 Å². The third-order valence-electron chi connectivity index (χ3n) is 1.97. The number of esters is 1. The Labute approximate surface area is 81.0 Å². The Balaban J connectivity index is 3.00. The molecule has 0 fully saturated rings. The summed E-state index contributed by atoms with van der Waals surface area (Å²) < 4.78 is 9.49. The summed E-state index contributed by atoms with van der Waals surface area (Å²) in [7, 11) is 1.31. The topological polar surface area (TPSA) is 72.3 Å². The molecule has 5 heteroatoms. The van der Waals surface area contributed by atoms with E-state index in [1.165, 1.54) is 13.2 Å². The second-order valence-corrected chi connectivity index (χ2v) is 3.36. The summed E-state index contributed by atoms with van der Waals surface area (Å²) in [4.78, 5) is 22.2. The molecule has 78 valence electrons. The molecule has 5 nitrogen and oxygen atoms in total. The molecule has 0 saturated carbocycles. The van der Waals surface area contributed by atoms with Gasteiger partial charge < -0.3 is 9.26 Å². The monoisotopic (exact) mass is 199 g/mol.